The van der Waals surface area contributed by atoms with Gasteiger partial charge in [0, 0.05) is 24.5 Å². The van der Waals surface area contributed by atoms with Crippen molar-refractivity contribution < 1.29 is 4.79 Å². The van der Waals surface area contributed by atoms with E-state index in [9.17, 15) is 4.79 Å². The number of amides is 1. The quantitative estimate of drug-likeness (QED) is 0.678. The van der Waals surface area contributed by atoms with Gasteiger partial charge in [0.15, 0.2) is 0 Å². The number of carbonyl (C=O) groups excluding carboxylic acids is 1. The molecule has 0 unspecified atom stereocenters. The van der Waals surface area contributed by atoms with E-state index in [2.05, 4.69) is 27.4 Å². The second-order valence-corrected chi connectivity index (χ2v) is 8.74. The molecule has 2 N–H and O–H groups in total. The first kappa shape index (κ1) is 20.2. The molecule has 0 radical (unpaired) electrons. The average molecular weight is 413 g/mol. The van der Waals surface area contributed by atoms with Gasteiger partial charge in [0.25, 0.3) is 5.91 Å². The number of nitrogens with zero attached hydrogens (tertiary/aromatic N) is 2. The Hall–Kier alpha value is -2.11. The summed E-state index contributed by atoms with van der Waals surface area (Å²) in [6.07, 6.45) is 6.78. The molecule has 29 heavy (non-hydrogen) atoms. The van der Waals surface area contributed by atoms with Gasteiger partial charge in [-0.05, 0) is 81.8 Å². The first-order valence-electron chi connectivity index (χ1n) is 10.6. The number of anilines is 2. The van der Waals surface area contributed by atoms with Crippen LogP contribution in [0.1, 0.15) is 43.0 Å². The van der Waals surface area contributed by atoms with Crippen LogP contribution in [0.2, 0.25) is 5.02 Å². The molecule has 1 saturated heterocycles. The van der Waals surface area contributed by atoms with Gasteiger partial charge in [-0.3, -0.25) is 4.79 Å². The molecule has 1 aromatic heterocycles. The molecule has 6 heteroatoms. The number of piperidine rings is 1. The molecule has 5 nitrogen and oxygen atoms in total. The number of nitrogens with one attached hydrogen (secondary N) is 2. The summed E-state index contributed by atoms with van der Waals surface area (Å²) in [6, 6.07) is 11.8. The lowest BCUT2D eigenvalue weighted by molar-refractivity contribution is 0.102. The maximum absolute atomic E-state index is 12.7. The van der Waals surface area contributed by atoms with Crippen LogP contribution in [0.25, 0.3) is 0 Å². The van der Waals surface area contributed by atoms with E-state index in [1.807, 2.05) is 24.3 Å². The molecule has 2 aromatic rings. The lowest BCUT2D eigenvalue weighted by atomic mass is 9.95. The Labute approximate surface area is 177 Å². The normalized spacial score (nSPS) is 19.0. The number of hydrogen-bond acceptors (Lipinski definition) is 4. The fourth-order valence-electron chi connectivity index (χ4n) is 4.16. The van der Waals surface area contributed by atoms with Crippen molar-refractivity contribution in [3.05, 3.63) is 53.2 Å². The Morgan fingerprint density at radius 2 is 1.93 bits per heavy atom. The molecule has 1 aliphatic heterocycles. The first-order valence-corrected chi connectivity index (χ1v) is 11.0. The van der Waals surface area contributed by atoms with Crippen molar-refractivity contribution >= 4 is 29.0 Å². The fourth-order valence-corrected chi connectivity index (χ4v) is 4.28. The van der Waals surface area contributed by atoms with E-state index in [1.165, 1.54) is 45.0 Å². The summed E-state index contributed by atoms with van der Waals surface area (Å²) in [5, 5.41) is 6.90. The molecular weight excluding hydrogens is 384 g/mol. The van der Waals surface area contributed by atoms with Crippen molar-refractivity contribution in [2.24, 2.45) is 11.8 Å². The molecule has 2 fully saturated rings. The van der Waals surface area contributed by atoms with Gasteiger partial charge in [-0.15, -0.1) is 0 Å². The van der Waals surface area contributed by atoms with Crippen molar-refractivity contribution in [2.75, 3.05) is 30.3 Å². The lowest BCUT2D eigenvalue weighted by Crippen LogP contribution is -2.42. The molecule has 4 rings (SSSR count). The van der Waals surface area contributed by atoms with Crippen LogP contribution >= 0.6 is 11.6 Å². The predicted octanol–water partition coefficient (Wildman–Crippen LogP) is 4.91. The first-order chi connectivity index (χ1) is 14.1. The van der Waals surface area contributed by atoms with E-state index in [-0.39, 0.29) is 5.91 Å². The number of pyridine rings is 1. The Kier molecular flexibility index (Phi) is 6.36. The van der Waals surface area contributed by atoms with Gasteiger partial charge in [0.1, 0.15) is 5.82 Å². The Morgan fingerprint density at radius 3 is 2.62 bits per heavy atom. The Balaban J connectivity index is 1.31. The molecule has 0 bridgehead atoms. The number of halogens is 1. The third kappa shape index (κ3) is 5.28. The highest BCUT2D eigenvalue weighted by Gasteiger charge is 2.33. The number of aromatic nitrogens is 1. The van der Waals surface area contributed by atoms with E-state index in [4.69, 9.17) is 11.6 Å². The highest BCUT2D eigenvalue weighted by Crippen LogP contribution is 2.36. The van der Waals surface area contributed by atoms with Crippen molar-refractivity contribution in [3.63, 3.8) is 0 Å². The number of benzene rings is 1. The highest BCUT2D eigenvalue weighted by atomic mass is 35.5. The molecular formula is C23H29ClN4O. The van der Waals surface area contributed by atoms with Gasteiger partial charge in [0.05, 0.1) is 10.6 Å². The minimum Gasteiger partial charge on any atom is -0.384 e. The molecule has 2 aliphatic rings. The second kappa shape index (κ2) is 9.14. The monoisotopic (exact) mass is 412 g/mol. The Morgan fingerprint density at radius 1 is 1.17 bits per heavy atom. The number of hydrogen-bond donors (Lipinski definition) is 2. The summed E-state index contributed by atoms with van der Waals surface area (Å²) in [6.45, 7) is 5.67. The maximum Gasteiger partial charge on any atom is 0.258 e. The minimum atomic E-state index is -0.170. The second-order valence-electron chi connectivity index (χ2n) is 8.30. The maximum atomic E-state index is 12.7. The molecule has 1 aliphatic carbocycles. The van der Waals surface area contributed by atoms with E-state index in [0.717, 1.165) is 24.2 Å². The summed E-state index contributed by atoms with van der Waals surface area (Å²) >= 11 is 5.86. The van der Waals surface area contributed by atoms with Crippen LogP contribution in [0.4, 0.5) is 11.5 Å². The van der Waals surface area contributed by atoms with Crippen LogP contribution in [0.3, 0.4) is 0 Å². The van der Waals surface area contributed by atoms with E-state index in [0.29, 0.717) is 22.3 Å². The summed E-state index contributed by atoms with van der Waals surface area (Å²) in [4.78, 5) is 19.5. The summed E-state index contributed by atoms with van der Waals surface area (Å²) in [5.74, 6) is 1.90. The summed E-state index contributed by atoms with van der Waals surface area (Å²) < 4.78 is 0. The topological polar surface area (TPSA) is 57.3 Å². The van der Waals surface area contributed by atoms with Crippen LogP contribution in [-0.4, -0.2) is 41.5 Å². The number of rotatable bonds is 7. The fraction of sp³-hybridized carbons (Fsp3) is 0.478. The largest absolute Gasteiger partial charge is 0.384 e. The zero-order chi connectivity index (χ0) is 20.2. The van der Waals surface area contributed by atoms with Crippen LogP contribution < -0.4 is 10.6 Å². The molecule has 1 amide bonds. The molecule has 1 atom stereocenters. The van der Waals surface area contributed by atoms with Crippen molar-refractivity contribution in [2.45, 2.75) is 38.6 Å². The third-order valence-electron chi connectivity index (χ3n) is 6.25. The summed E-state index contributed by atoms with van der Waals surface area (Å²) in [7, 11) is 0. The Bertz CT molecular complexity index is 829. The van der Waals surface area contributed by atoms with Crippen LogP contribution in [-0.2, 0) is 0 Å². The minimum absolute atomic E-state index is 0.170. The molecule has 1 aromatic carbocycles. The number of para-hydroxylation sites is 1. The number of carbonyl (C=O) groups is 1. The van der Waals surface area contributed by atoms with Gasteiger partial charge >= 0.3 is 0 Å². The smallest absolute Gasteiger partial charge is 0.258 e. The zero-order valence-electron chi connectivity index (χ0n) is 16.9. The summed E-state index contributed by atoms with van der Waals surface area (Å²) in [5.41, 5.74) is 1.50. The van der Waals surface area contributed by atoms with Crippen molar-refractivity contribution in [1.29, 1.82) is 0 Å². The lowest BCUT2D eigenvalue weighted by Gasteiger charge is -2.36. The standard InChI is InChI=1S/C23H29ClN4O/c1-16(18-6-7-18)28-12-10-17(11-13-28)14-25-21-5-3-2-4-20(21)23(29)27-22-9-8-19(24)15-26-22/h2-5,8-9,15-18,25H,6-7,10-14H2,1H3,(H,26,27,29)/t16-/m1/s1. The zero-order valence-corrected chi connectivity index (χ0v) is 17.7. The molecule has 2 heterocycles. The van der Waals surface area contributed by atoms with Gasteiger partial charge in [-0.1, -0.05) is 23.7 Å². The molecule has 154 valence electrons. The van der Waals surface area contributed by atoms with E-state index < -0.39 is 0 Å². The van der Waals surface area contributed by atoms with Crippen LogP contribution in [0, 0.1) is 11.8 Å². The molecule has 0 spiro atoms. The van der Waals surface area contributed by atoms with Gasteiger partial charge in [-0.2, -0.15) is 0 Å². The number of likely N-dealkylation sites (tertiary alicyclic amines) is 1. The molecule has 1 saturated carbocycles. The van der Waals surface area contributed by atoms with E-state index >= 15 is 0 Å². The average Bonchev–Trinajstić information content (AvgIpc) is 3.59. The predicted molar refractivity (Wildman–Crippen MR) is 119 cm³/mol. The van der Waals surface area contributed by atoms with Gasteiger partial charge < -0.3 is 15.5 Å². The van der Waals surface area contributed by atoms with Crippen LogP contribution in [0.15, 0.2) is 42.6 Å². The highest BCUT2D eigenvalue weighted by molar-refractivity contribution is 6.30. The third-order valence-corrected chi connectivity index (χ3v) is 6.47. The van der Waals surface area contributed by atoms with Crippen LogP contribution in [0.5, 0.6) is 0 Å². The van der Waals surface area contributed by atoms with Gasteiger partial charge in [0.2, 0.25) is 0 Å². The van der Waals surface area contributed by atoms with Crippen molar-refractivity contribution in [3.8, 4) is 0 Å². The SMILES string of the molecule is C[C@H](C1CC1)N1CCC(CNc2ccccc2C(=O)Nc2ccc(Cl)cn2)CC1. The van der Waals surface area contributed by atoms with E-state index in [1.54, 1.807) is 12.1 Å². The van der Waals surface area contributed by atoms with Crippen molar-refractivity contribution in [1.82, 2.24) is 9.88 Å². The van der Waals surface area contributed by atoms with Gasteiger partial charge in [-0.25, -0.2) is 4.98 Å².